The van der Waals surface area contributed by atoms with Crippen molar-refractivity contribution in [3.05, 3.63) is 188 Å². The van der Waals surface area contributed by atoms with Crippen molar-refractivity contribution in [1.29, 1.82) is 0 Å². The Hall–Kier alpha value is -6.42. The van der Waals surface area contributed by atoms with Crippen LogP contribution in [-0.2, 0) is 0 Å². The molecule has 0 radical (unpaired) electrons. The molecule has 0 unspecified atom stereocenters. The molecule has 0 atom stereocenters. The first-order valence-corrected chi connectivity index (χ1v) is 17.2. The first-order chi connectivity index (χ1) is 29.4. The highest BCUT2D eigenvalue weighted by Crippen LogP contribution is 2.44. The quantitative estimate of drug-likeness (QED) is 0.174. The van der Waals surface area contributed by atoms with E-state index in [0.29, 0.717) is 22.5 Å². The fourth-order valence-electron chi connectivity index (χ4n) is 6.87. The molecule has 0 saturated heterocycles. The summed E-state index contributed by atoms with van der Waals surface area (Å²) in [4.78, 5) is 1.99. The summed E-state index contributed by atoms with van der Waals surface area (Å²) >= 11 is 1.75. The predicted molar refractivity (Wildman–Crippen MR) is 218 cm³/mol. The Morgan fingerprint density at radius 2 is 0.941 bits per heavy atom. The van der Waals surface area contributed by atoms with Gasteiger partial charge in [-0.15, -0.1) is 11.3 Å². The lowest BCUT2D eigenvalue weighted by molar-refractivity contribution is 0.674. The van der Waals surface area contributed by atoms with Gasteiger partial charge in [0.15, 0.2) is 0 Å². The summed E-state index contributed by atoms with van der Waals surface area (Å²) in [6, 6.07) is 37.4. The summed E-state index contributed by atoms with van der Waals surface area (Å²) < 4.78 is 92.1. The van der Waals surface area contributed by atoms with Crippen molar-refractivity contribution in [2.45, 2.75) is 0 Å². The monoisotopic (exact) mass is 679 g/mol. The van der Waals surface area contributed by atoms with Crippen LogP contribution in [0.2, 0.25) is 0 Å². The number of hydrogen-bond acceptors (Lipinski definition) is 3. The van der Waals surface area contributed by atoms with Gasteiger partial charge < -0.3 is 9.32 Å². The molecular weight excluding hydrogens is 639 g/mol. The summed E-state index contributed by atoms with van der Waals surface area (Å²) in [6.07, 6.45) is 0. The van der Waals surface area contributed by atoms with Crippen molar-refractivity contribution < 1.29 is 18.1 Å². The van der Waals surface area contributed by atoms with E-state index in [1.165, 1.54) is 14.8 Å². The molecule has 0 N–H and O–H groups in total. The molecular formula is C48H31NOS. The Balaban J connectivity index is 1.08. The molecule has 0 saturated carbocycles. The highest BCUT2D eigenvalue weighted by molar-refractivity contribution is 7.26. The second kappa shape index (κ2) is 12.2. The number of furan rings is 1. The number of thiophene rings is 1. The van der Waals surface area contributed by atoms with Crippen molar-refractivity contribution in [3.63, 3.8) is 0 Å². The minimum absolute atomic E-state index is 0.101. The third kappa shape index (κ3) is 5.10. The molecule has 3 heteroatoms. The number of hydrogen-bond donors (Lipinski definition) is 0. The van der Waals surface area contributed by atoms with E-state index in [0.717, 1.165) is 44.1 Å². The van der Waals surface area contributed by atoms with Gasteiger partial charge in [-0.1, -0.05) is 133 Å². The lowest BCUT2D eigenvalue weighted by Gasteiger charge is -2.26. The van der Waals surface area contributed by atoms with E-state index in [-0.39, 0.29) is 35.3 Å². The summed E-state index contributed by atoms with van der Waals surface area (Å²) in [7, 11) is 0. The van der Waals surface area contributed by atoms with Gasteiger partial charge in [-0.25, -0.2) is 0 Å². The Bertz CT molecular complexity index is 3240. The van der Waals surface area contributed by atoms with Gasteiger partial charge in [-0.2, -0.15) is 0 Å². The molecule has 0 aliphatic heterocycles. The van der Waals surface area contributed by atoms with Crippen molar-refractivity contribution >= 4 is 70.5 Å². The molecule has 0 fully saturated rings. The van der Waals surface area contributed by atoms with E-state index < -0.39 is 36.3 Å². The Morgan fingerprint density at radius 3 is 1.55 bits per heavy atom. The van der Waals surface area contributed by atoms with Gasteiger partial charge in [0, 0.05) is 53.6 Å². The predicted octanol–water partition coefficient (Wildman–Crippen LogP) is 14.4. The second-order valence-electron chi connectivity index (χ2n) is 12.2. The fraction of sp³-hybridized carbons (Fsp3) is 0. The molecule has 0 spiro atoms. The third-order valence-corrected chi connectivity index (χ3v) is 10.4. The lowest BCUT2D eigenvalue weighted by Crippen LogP contribution is -2.09. The van der Waals surface area contributed by atoms with Crippen LogP contribution in [0.5, 0.6) is 0 Å². The van der Waals surface area contributed by atoms with Crippen molar-refractivity contribution in [3.8, 4) is 33.4 Å². The van der Waals surface area contributed by atoms with Crippen LogP contribution in [0.3, 0.4) is 0 Å². The molecule has 8 aromatic carbocycles. The van der Waals surface area contributed by atoms with Gasteiger partial charge in [0.05, 0.1) is 13.7 Å². The van der Waals surface area contributed by atoms with Crippen LogP contribution in [-0.4, -0.2) is 0 Å². The zero-order valence-electron chi connectivity index (χ0n) is 36.9. The maximum Gasteiger partial charge on any atom is 0.144 e. The standard InChI is InChI=1S/C48H31NOS/c1-3-10-32(11-4-1)34-18-24-37(25-19-34)49(38-26-20-35(21-27-38)33-12-5-2-6-13-33)39-28-22-36(23-29-39)40-15-9-16-41-42-30-31-45-46(48(42)50-47(40)41)43-14-7-8-17-44(43)51-45/h1-31H/i1D,2D,3D,4D,5D,6D,10D,11D,12D,13D. The molecule has 0 aliphatic rings. The molecule has 51 heavy (non-hydrogen) atoms. The van der Waals surface area contributed by atoms with Gasteiger partial charge in [-0.3, -0.25) is 0 Å². The van der Waals surface area contributed by atoms with E-state index in [1.807, 2.05) is 59.5 Å². The van der Waals surface area contributed by atoms with Crippen molar-refractivity contribution in [2.24, 2.45) is 0 Å². The lowest BCUT2D eigenvalue weighted by atomic mass is 10.0. The van der Waals surface area contributed by atoms with Crippen molar-refractivity contribution in [2.75, 3.05) is 4.90 Å². The molecule has 10 rings (SSSR count). The molecule has 0 amide bonds. The van der Waals surface area contributed by atoms with Crippen LogP contribution in [0.4, 0.5) is 17.1 Å². The first kappa shape index (κ1) is 20.9. The van der Waals surface area contributed by atoms with Gasteiger partial charge in [0.1, 0.15) is 11.2 Å². The highest BCUT2D eigenvalue weighted by atomic mass is 32.1. The van der Waals surface area contributed by atoms with E-state index in [9.17, 15) is 0 Å². The van der Waals surface area contributed by atoms with Crippen LogP contribution >= 0.6 is 11.3 Å². The highest BCUT2D eigenvalue weighted by Gasteiger charge is 2.18. The average Bonchev–Trinajstić information content (AvgIpc) is 3.86. The number of fused-ring (bicyclic) bond motifs is 7. The van der Waals surface area contributed by atoms with E-state index in [1.54, 1.807) is 35.6 Å². The van der Waals surface area contributed by atoms with Crippen LogP contribution in [0, 0.1) is 0 Å². The smallest absolute Gasteiger partial charge is 0.144 e. The average molecular weight is 680 g/mol. The summed E-state index contributed by atoms with van der Waals surface area (Å²) in [5, 5.41) is 4.35. The molecule has 10 aromatic rings. The summed E-state index contributed by atoms with van der Waals surface area (Å²) in [6.45, 7) is 0. The normalized spacial score (nSPS) is 14.3. The summed E-state index contributed by atoms with van der Waals surface area (Å²) in [5.41, 5.74) is 6.82. The Labute approximate surface area is 314 Å². The minimum Gasteiger partial charge on any atom is -0.455 e. The Kier molecular flexibility index (Phi) is 5.00. The van der Waals surface area contributed by atoms with E-state index in [4.69, 9.17) is 18.1 Å². The van der Waals surface area contributed by atoms with Crippen LogP contribution < -0.4 is 4.90 Å². The van der Waals surface area contributed by atoms with E-state index >= 15 is 0 Å². The number of benzene rings is 8. The number of para-hydroxylation sites is 1. The molecule has 240 valence electrons. The zero-order chi connectivity index (χ0) is 42.4. The van der Waals surface area contributed by atoms with Crippen LogP contribution in [0.15, 0.2) is 192 Å². The largest absolute Gasteiger partial charge is 0.455 e. The van der Waals surface area contributed by atoms with E-state index in [2.05, 4.69) is 48.5 Å². The second-order valence-corrected chi connectivity index (χ2v) is 13.3. The number of nitrogens with zero attached hydrogens (tertiary/aromatic N) is 1. The van der Waals surface area contributed by atoms with Gasteiger partial charge in [0.25, 0.3) is 0 Å². The number of rotatable bonds is 6. The summed E-state index contributed by atoms with van der Waals surface area (Å²) in [5.74, 6) is 0. The van der Waals surface area contributed by atoms with Crippen LogP contribution in [0.25, 0.3) is 75.5 Å². The SMILES string of the molecule is [2H]c1c([2H])c([2H])c(-c2ccc(N(c3ccc(-c4c([2H])c([2H])c([2H])c([2H])c4[2H])cc3)c3ccc(-c4cccc5c4oc4c5ccc5sc6ccccc6c54)cc3)cc2)c([2H])c1[2H]. The third-order valence-electron chi connectivity index (χ3n) is 9.27. The maximum absolute atomic E-state index is 8.52. The minimum atomic E-state index is -0.456. The fourth-order valence-corrected chi connectivity index (χ4v) is 7.98. The molecule has 0 aliphatic carbocycles. The van der Waals surface area contributed by atoms with Gasteiger partial charge >= 0.3 is 0 Å². The van der Waals surface area contributed by atoms with Gasteiger partial charge in [0.2, 0.25) is 0 Å². The van der Waals surface area contributed by atoms with Crippen LogP contribution in [0.1, 0.15) is 13.7 Å². The molecule has 2 aromatic heterocycles. The molecule has 0 bridgehead atoms. The first-order valence-electron chi connectivity index (χ1n) is 21.4. The molecule has 2 heterocycles. The molecule has 2 nitrogen and oxygen atoms in total. The van der Waals surface area contributed by atoms with Crippen molar-refractivity contribution in [1.82, 2.24) is 0 Å². The number of anilines is 3. The zero-order valence-corrected chi connectivity index (χ0v) is 27.7. The maximum atomic E-state index is 8.52. The Morgan fingerprint density at radius 1 is 0.412 bits per heavy atom. The topological polar surface area (TPSA) is 16.4 Å². The van der Waals surface area contributed by atoms with Gasteiger partial charge in [-0.05, 0) is 82.4 Å².